The van der Waals surface area contributed by atoms with Gasteiger partial charge in [0.15, 0.2) is 0 Å². The summed E-state index contributed by atoms with van der Waals surface area (Å²) in [7, 11) is 0. The molecular weight excluding hydrogens is 168 g/mol. The lowest BCUT2D eigenvalue weighted by atomic mass is 10.1. The van der Waals surface area contributed by atoms with Gasteiger partial charge in [0, 0.05) is 6.42 Å². The first-order chi connectivity index (χ1) is 6.33. The van der Waals surface area contributed by atoms with E-state index < -0.39 is 0 Å². The number of hydrogen-bond acceptors (Lipinski definition) is 3. The van der Waals surface area contributed by atoms with E-state index in [1.54, 1.807) is 0 Å². The third-order valence-electron chi connectivity index (χ3n) is 2.67. The molecule has 74 valence electrons. The van der Waals surface area contributed by atoms with Crippen LogP contribution in [0.1, 0.15) is 13.3 Å². The lowest BCUT2D eigenvalue weighted by Gasteiger charge is -2.46. The molecule has 4 heteroatoms. The number of amidine groups is 1. The lowest BCUT2D eigenvalue weighted by molar-refractivity contribution is -0.109. The van der Waals surface area contributed by atoms with E-state index in [2.05, 4.69) is 4.90 Å². The monoisotopic (exact) mass is 184 g/mol. The van der Waals surface area contributed by atoms with Crippen LogP contribution in [0.4, 0.5) is 0 Å². The van der Waals surface area contributed by atoms with Gasteiger partial charge in [0.25, 0.3) is 0 Å². The first kappa shape index (κ1) is 8.97. The molecule has 2 aliphatic heterocycles. The molecule has 0 unspecified atom stereocenters. The molecule has 2 rings (SSSR count). The minimum atomic E-state index is 0.278. The van der Waals surface area contributed by atoms with Crippen molar-refractivity contribution in [3.05, 3.63) is 0 Å². The molecule has 13 heavy (non-hydrogen) atoms. The Bertz CT molecular complexity index is 186. The standard InChI is InChI=1S/C9H16N2O2/c1-2-9(10)11-7-3-12-5-8(11)6-13-4-7/h7-8,10H,2-6H2,1H3. The normalized spacial score (nSPS) is 33.2. The van der Waals surface area contributed by atoms with E-state index in [-0.39, 0.29) is 12.1 Å². The average Bonchev–Trinajstić information content (AvgIpc) is 2.15. The van der Waals surface area contributed by atoms with Crippen LogP contribution in [-0.4, -0.2) is 49.2 Å². The number of nitrogens with zero attached hydrogens (tertiary/aromatic N) is 1. The molecule has 0 radical (unpaired) electrons. The summed E-state index contributed by atoms with van der Waals surface area (Å²) >= 11 is 0. The maximum atomic E-state index is 7.84. The van der Waals surface area contributed by atoms with Gasteiger partial charge in [-0.05, 0) is 0 Å². The van der Waals surface area contributed by atoms with Crippen molar-refractivity contribution in [2.75, 3.05) is 26.4 Å². The zero-order valence-corrected chi connectivity index (χ0v) is 7.95. The SMILES string of the molecule is CCC(=N)N1C2COCC1COC2. The Morgan fingerprint density at radius 1 is 1.23 bits per heavy atom. The summed E-state index contributed by atoms with van der Waals surface area (Å²) in [5.41, 5.74) is 0. The van der Waals surface area contributed by atoms with Gasteiger partial charge in [-0.25, -0.2) is 0 Å². The number of rotatable bonds is 1. The highest BCUT2D eigenvalue weighted by Gasteiger charge is 2.36. The fourth-order valence-electron chi connectivity index (χ4n) is 2.02. The maximum absolute atomic E-state index is 7.84. The summed E-state index contributed by atoms with van der Waals surface area (Å²) in [5, 5.41) is 7.84. The Morgan fingerprint density at radius 2 is 1.69 bits per heavy atom. The topological polar surface area (TPSA) is 45.6 Å². The molecule has 0 atom stereocenters. The van der Waals surface area contributed by atoms with Crippen molar-refractivity contribution >= 4 is 5.84 Å². The van der Waals surface area contributed by atoms with Gasteiger partial charge < -0.3 is 14.4 Å². The first-order valence-corrected chi connectivity index (χ1v) is 4.84. The van der Waals surface area contributed by atoms with Crippen molar-refractivity contribution in [2.45, 2.75) is 25.4 Å². The number of morpholine rings is 2. The molecule has 0 aliphatic carbocycles. The van der Waals surface area contributed by atoms with E-state index >= 15 is 0 Å². The van der Waals surface area contributed by atoms with Crippen LogP contribution in [0.5, 0.6) is 0 Å². The summed E-state index contributed by atoms with van der Waals surface area (Å²) < 4.78 is 10.9. The quantitative estimate of drug-likeness (QED) is 0.476. The molecule has 1 N–H and O–H groups in total. The van der Waals surface area contributed by atoms with Crippen molar-refractivity contribution < 1.29 is 9.47 Å². The molecule has 0 spiro atoms. The van der Waals surface area contributed by atoms with Gasteiger partial charge in [-0.15, -0.1) is 0 Å². The van der Waals surface area contributed by atoms with Crippen molar-refractivity contribution in [2.24, 2.45) is 0 Å². The van der Waals surface area contributed by atoms with Crippen LogP contribution in [0.15, 0.2) is 0 Å². The van der Waals surface area contributed by atoms with Gasteiger partial charge in [0.05, 0.1) is 44.3 Å². The Labute approximate surface area is 78.3 Å². The first-order valence-electron chi connectivity index (χ1n) is 4.84. The molecule has 2 saturated heterocycles. The fourth-order valence-corrected chi connectivity index (χ4v) is 2.02. The van der Waals surface area contributed by atoms with E-state index in [0.29, 0.717) is 26.4 Å². The maximum Gasteiger partial charge on any atom is 0.0963 e. The number of nitrogens with one attached hydrogen (secondary N) is 1. The second kappa shape index (κ2) is 3.64. The number of hydrogen-bond donors (Lipinski definition) is 1. The Balaban J connectivity index is 2.10. The van der Waals surface area contributed by atoms with E-state index in [1.807, 2.05) is 6.92 Å². The Morgan fingerprint density at radius 3 is 2.08 bits per heavy atom. The highest BCUT2D eigenvalue weighted by molar-refractivity contribution is 5.79. The van der Waals surface area contributed by atoms with Crippen molar-refractivity contribution in [3.63, 3.8) is 0 Å². The predicted octanol–water partition coefficient (Wildman–Crippen LogP) is 0.473. The summed E-state index contributed by atoms with van der Waals surface area (Å²) in [6.45, 7) is 4.85. The number of fused-ring (bicyclic) bond motifs is 2. The molecule has 0 aromatic rings. The molecule has 4 nitrogen and oxygen atoms in total. The van der Waals surface area contributed by atoms with Crippen LogP contribution in [-0.2, 0) is 9.47 Å². The van der Waals surface area contributed by atoms with Crippen LogP contribution < -0.4 is 0 Å². The van der Waals surface area contributed by atoms with Gasteiger partial charge in [0.2, 0.25) is 0 Å². The van der Waals surface area contributed by atoms with Crippen molar-refractivity contribution in [1.29, 1.82) is 5.41 Å². The summed E-state index contributed by atoms with van der Waals surface area (Å²) in [5.74, 6) is 0.724. The Hall–Kier alpha value is -0.610. The summed E-state index contributed by atoms with van der Waals surface area (Å²) in [4.78, 5) is 2.17. The molecule has 2 aliphatic rings. The second-order valence-corrected chi connectivity index (χ2v) is 3.59. The molecule has 0 aromatic heterocycles. The Kier molecular flexibility index (Phi) is 2.51. The van der Waals surface area contributed by atoms with Crippen molar-refractivity contribution in [3.8, 4) is 0 Å². The fraction of sp³-hybridized carbons (Fsp3) is 0.889. The van der Waals surface area contributed by atoms with E-state index in [0.717, 1.165) is 12.3 Å². The van der Waals surface area contributed by atoms with Crippen LogP contribution in [0, 0.1) is 5.41 Å². The van der Waals surface area contributed by atoms with Crippen LogP contribution in [0.3, 0.4) is 0 Å². The molecule has 2 bridgehead atoms. The molecule has 2 fully saturated rings. The molecule has 0 aromatic carbocycles. The minimum Gasteiger partial charge on any atom is -0.377 e. The third kappa shape index (κ3) is 1.56. The van der Waals surface area contributed by atoms with Crippen LogP contribution >= 0.6 is 0 Å². The van der Waals surface area contributed by atoms with E-state index in [4.69, 9.17) is 14.9 Å². The van der Waals surface area contributed by atoms with Gasteiger partial charge in [-0.1, -0.05) is 6.92 Å². The largest absolute Gasteiger partial charge is 0.377 e. The highest BCUT2D eigenvalue weighted by atomic mass is 16.5. The molecule has 0 amide bonds. The minimum absolute atomic E-state index is 0.278. The smallest absolute Gasteiger partial charge is 0.0963 e. The van der Waals surface area contributed by atoms with Gasteiger partial charge in [0.1, 0.15) is 0 Å². The second-order valence-electron chi connectivity index (χ2n) is 3.59. The highest BCUT2D eigenvalue weighted by Crippen LogP contribution is 2.20. The molecule has 2 heterocycles. The van der Waals surface area contributed by atoms with Crippen LogP contribution in [0.25, 0.3) is 0 Å². The van der Waals surface area contributed by atoms with Gasteiger partial charge >= 0.3 is 0 Å². The van der Waals surface area contributed by atoms with Crippen LogP contribution in [0.2, 0.25) is 0 Å². The van der Waals surface area contributed by atoms with Gasteiger partial charge in [-0.3, -0.25) is 5.41 Å². The summed E-state index contributed by atoms with van der Waals surface area (Å²) in [6, 6.07) is 0.555. The third-order valence-corrected chi connectivity index (χ3v) is 2.67. The number of ether oxygens (including phenoxy) is 2. The zero-order valence-electron chi connectivity index (χ0n) is 7.95. The van der Waals surface area contributed by atoms with Crippen molar-refractivity contribution in [1.82, 2.24) is 4.90 Å². The van der Waals surface area contributed by atoms with Gasteiger partial charge in [-0.2, -0.15) is 0 Å². The molecular formula is C9H16N2O2. The van der Waals surface area contributed by atoms with E-state index in [9.17, 15) is 0 Å². The lowest BCUT2D eigenvalue weighted by Crippen LogP contribution is -2.61. The average molecular weight is 184 g/mol. The molecule has 0 saturated carbocycles. The summed E-state index contributed by atoms with van der Waals surface area (Å²) in [6.07, 6.45) is 0.799. The zero-order chi connectivity index (χ0) is 9.26. The predicted molar refractivity (Wildman–Crippen MR) is 49.1 cm³/mol. The van der Waals surface area contributed by atoms with E-state index in [1.165, 1.54) is 0 Å².